The second-order valence-electron chi connectivity index (χ2n) is 2.75. The van der Waals surface area contributed by atoms with E-state index in [4.69, 9.17) is 10.8 Å². The van der Waals surface area contributed by atoms with E-state index in [1.54, 1.807) is 0 Å². The van der Waals surface area contributed by atoms with Crippen LogP contribution in [0.1, 0.15) is 0 Å². The predicted molar refractivity (Wildman–Crippen MR) is 50.1 cm³/mol. The first-order valence-corrected chi connectivity index (χ1v) is 4.08. The van der Waals surface area contributed by atoms with E-state index < -0.39 is 17.8 Å². The number of nitrogens with two attached hydrogens (primary N) is 1. The molecule has 0 aromatic heterocycles. The minimum Gasteiger partial charge on any atom is -0.382 e. The normalized spacial score (nSPS) is 12.2. The Morgan fingerprint density at radius 2 is 2.36 bits per heavy atom. The van der Waals surface area contributed by atoms with Crippen molar-refractivity contribution < 1.29 is 14.3 Å². The number of hydrogen-bond donors (Lipinski definition) is 3. The van der Waals surface area contributed by atoms with Crippen molar-refractivity contribution >= 4 is 11.6 Å². The van der Waals surface area contributed by atoms with E-state index in [-0.39, 0.29) is 6.54 Å². The lowest BCUT2D eigenvalue weighted by atomic mass is 10.3. The van der Waals surface area contributed by atoms with E-state index in [2.05, 4.69) is 5.32 Å². The molecule has 76 valence electrons. The second kappa shape index (κ2) is 4.69. The van der Waals surface area contributed by atoms with Crippen molar-refractivity contribution in [2.45, 2.75) is 6.10 Å². The van der Waals surface area contributed by atoms with Crippen molar-refractivity contribution in [2.24, 2.45) is 5.73 Å². The Balaban J connectivity index is 2.65. The van der Waals surface area contributed by atoms with E-state index in [0.717, 1.165) is 6.07 Å². The number of rotatable bonds is 3. The maximum atomic E-state index is 12.7. The molecule has 5 heteroatoms. The van der Waals surface area contributed by atoms with Crippen LogP contribution in [0.25, 0.3) is 0 Å². The number of nitrogens with one attached hydrogen (secondary N) is 1. The van der Waals surface area contributed by atoms with Crippen LogP contribution in [0.3, 0.4) is 0 Å². The lowest BCUT2D eigenvalue weighted by molar-refractivity contribution is -0.123. The summed E-state index contributed by atoms with van der Waals surface area (Å²) in [6, 6.07) is 5.39. The van der Waals surface area contributed by atoms with Crippen LogP contribution in [0, 0.1) is 5.82 Å². The van der Waals surface area contributed by atoms with Gasteiger partial charge in [-0.1, -0.05) is 6.07 Å². The molecule has 1 aromatic rings. The Labute approximate surface area is 80.5 Å². The molecule has 4 nitrogen and oxygen atoms in total. The standard InChI is InChI=1S/C9H11FN2O2/c10-6-2-1-3-7(4-6)12-9(14)8(13)5-11/h1-4,8,13H,5,11H2,(H,12,14). The summed E-state index contributed by atoms with van der Waals surface area (Å²) in [6.07, 6.45) is -1.27. The number of aliphatic hydroxyl groups is 1. The molecule has 0 aliphatic carbocycles. The largest absolute Gasteiger partial charge is 0.382 e. The van der Waals surface area contributed by atoms with Gasteiger partial charge in [-0.25, -0.2) is 4.39 Å². The number of halogens is 1. The van der Waals surface area contributed by atoms with Crippen LogP contribution in [0.5, 0.6) is 0 Å². The van der Waals surface area contributed by atoms with Crippen LogP contribution in [0.15, 0.2) is 24.3 Å². The summed E-state index contributed by atoms with van der Waals surface area (Å²) in [5, 5.41) is 11.4. The Hall–Kier alpha value is -1.46. The molecule has 0 bridgehead atoms. The van der Waals surface area contributed by atoms with Crippen molar-refractivity contribution in [1.29, 1.82) is 0 Å². The van der Waals surface area contributed by atoms with Gasteiger partial charge in [-0.3, -0.25) is 4.79 Å². The van der Waals surface area contributed by atoms with Crippen molar-refractivity contribution in [3.8, 4) is 0 Å². The number of carbonyl (C=O) groups excluding carboxylic acids is 1. The van der Waals surface area contributed by atoms with Gasteiger partial charge in [-0.2, -0.15) is 0 Å². The highest BCUT2D eigenvalue weighted by atomic mass is 19.1. The quantitative estimate of drug-likeness (QED) is 0.644. The van der Waals surface area contributed by atoms with Gasteiger partial charge < -0.3 is 16.2 Å². The van der Waals surface area contributed by atoms with Crippen LogP contribution < -0.4 is 11.1 Å². The Morgan fingerprint density at radius 1 is 1.64 bits per heavy atom. The van der Waals surface area contributed by atoms with E-state index in [1.807, 2.05) is 0 Å². The van der Waals surface area contributed by atoms with Crippen LogP contribution in [0.4, 0.5) is 10.1 Å². The zero-order valence-corrected chi connectivity index (χ0v) is 7.40. The second-order valence-corrected chi connectivity index (χ2v) is 2.75. The maximum Gasteiger partial charge on any atom is 0.254 e. The Bertz CT molecular complexity index is 330. The van der Waals surface area contributed by atoms with Gasteiger partial charge in [-0.05, 0) is 18.2 Å². The Morgan fingerprint density at radius 3 is 2.93 bits per heavy atom. The van der Waals surface area contributed by atoms with E-state index in [1.165, 1.54) is 18.2 Å². The van der Waals surface area contributed by atoms with Crippen molar-refractivity contribution in [2.75, 3.05) is 11.9 Å². The third-order valence-electron chi connectivity index (χ3n) is 1.62. The first kappa shape index (κ1) is 10.6. The highest BCUT2D eigenvalue weighted by Crippen LogP contribution is 2.09. The minimum atomic E-state index is -1.27. The maximum absolute atomic E-state index is 12.7. The molecule has 14 heavy (non-hydrogen) atoms. The van der Waals surface area contributed by atoms with Gasteiger partial charge >= 0.3 is 0 Å². The number of aliphatic hydroxyl groups excluding tert-OH is 1. The lowest BCUT2D eigenvalue weighted by Crippen LogP contribution is -2.34. The minimum absolute atomic E-state index is 0.166. The molecule has 0 heterocycles. The molecule has 1 unspecified atom stereocenters. The van der Waals surface area contributed by atoms with E-state index in [0.29, 0.717) is 5.69 Å². The summed E-state index contributed by atoms with van der Waals surface area (Å²) < 4.78 is 12.7. The third-order valence-corrected chi connectivity index (χ3v) is 1.62. The summed E-state index contributed by atoms with van der Waals surface area (Å²) in [6.45, 7) is -0.166. The predicted octanol–water partition coefficient (Wildman–Crippen LogP) is 0.0838. The molecule has 0 aliphatic heterocycles. The molecule has 0 aliphatic rings. The first-order valence-electron chi connectivity index (χ1n) is 4.08. The summed E-state index contributed by atoms with van der Waals surface area (Å²) in [5.41, 5.74) is 5.37. The molecular weight excluding hydrogens is 187 g/mol. The summed E-state index contributed by atoms with van der Waals surface area (Å²) in [7, 11) is 0. The molecule has 1 atom stereocenters. The van der Waals surface area contributed by atoms with Gasteiger partial charge in [0.1, 0.15) is 11.9 Å². The molecule has 0 fully saturated rings. The summed E-state index contributed by atoms with van der Waals surface area (Å²) in [5.74, 6) is -1.09. The zero-order chi connectivity index (χ0) is 10.6. The summed E-state index contributed by atoms with van der Waals surface area (Å²) >= 11 is 0. The SMILES string of the molecule is NCC(O)C(=O)Nc1cccc(F)c1. The van der Waals surface area contributed by atoms with Crippen LogP contribution in [0.2, 0.25) is 0 Å². The molecule has 4 N–H and O–H groups in total. The highest BCUT2D eigenvalue weighted by Gasteiger charge is 2.12. The van der Waals surface area contributed by atoms with E-state index in [9.17, 15) is 9.18 Å². The van der Waals surface area contributed by atoms with Gasteiger partial charge in [-0.15, -0.1) is 0 Å². The molecule has 1 aromatic carbocycles. The van der Waals surface area contributed by atoms with Gasteiger partial charge in [0.05, 0.1) is 0 Å². The van der Waals surface area contributed by atoms with Crippen LogP contribution >= 0.6 is 0 Å². The number of hydrogen-bond acceptors (Lipinski definition) is 3. The van der Waals surface area contributed by atoms with Crippen molar-refractivity contribution in [3.63, 3.8) is 0 Å². The van der Waals surface area contributed by atoms with Gasteiger partial charge in [0, 0.05) is 12.2 Å². The molecular formula is C9H11FN2O2. The fourth-order valence-electron chi connectivity index (χ4n) is 0.899. The summed E-state index contributed by atoms with van der Waals surface area (Å²) in [4.78, 5) is 11.1. The number of amides is 1. The van der Waals surface area contributed by atoms with Gasteiger partial charge in [0.25, 0.3) is 5.91 Å². The molecule has 0 saturated carbocycles. The monoisotopic (exact) mass is 198 g/mol. The fraction of sp³-hybridized carbons (Fsp3) is 0.222. The van der Waals surface area contributed by atoms with Crippen molar-refractivity contribution in [1.82, 2.24) is 0 Å². The zero-order valence-electron chi connectivity index (χ0n) is 7.40. The van der Waals surface area contributed by atoms with Crippen LogP contribution in [-0.2, 0) is 4.79 Å². The van der Waals surface area contributed by atoms with E-state index >= 15 is 0 Å². The van der Waals surface area contributed by atoms with Gasteiger partial charge in [0.15, 0.2) is 0 Å². The third kappa shape index (κ3) is 2.79. The average Bonchev–Trinajstić information content (AvgIpc) is 2.16. The highest BCUT2D eigenvalue weighted by molar-refractivity contribution is 5.94. The molecule has 0 radical (unpaired) electrons. The number of benzene rings is 1. The van der Waals surface area contributed by atoms with Crippen LogP contribution in [-0.4, -0.2) is 23.7 Å². The van der Waals surface area contributed by atoms with Crippen molar-refractivity contribution in [3.05, 3.63) is 30.1 Å². The Kier molecular flexibility index (Phi) is 3.55. The first-order chi connectivity index (χ1) is 6.63. The fourth-order valence-corrected chi connectivity index (χ4v) is 0.899. The molecule has 1 amide bonds. The number of carbonyl (C=O) groups is 1. The number of anilines is 1. The topological polar surface area (TPSA) is 75.3 Å². The van der Waals surface area contributed by atoms with Gasteiger partial charge in [0.2, 0.25) is 0 Å². The lowest BCUT2D eigenvalue weighted by Gasteiger charge is -2.08. The molecule has 1 rings (SSSR count). The molecule has 0 saturated heterocycles. The molecule has 0 spiro atoms. The average molecular weight is 198 g/mol. The smallest absolute Gasteiger partial charge is 0.254 e.